The summed E-state index contributed by atoms with van der Waals surface area (Å²) in [5.74, 6) is 0.815. The molecule has 1 aromatic rings. The third-order valence-corrected chi connectivity index (χ3v) is 5.60. The number of carbonyl (C=O) groups excluding carboxylic acids is 1. The Morgan fingerprint density at radius 2 is 2.16 bits per heavy atom. The van der Waals surface area contributed by atoms with Gasteiger partial charge in [0.15, 0.2) is 0 Å². The third-order valence-electron chi connectivity index (χ3n) is 5.60. The zero-order chi connectivity index (χ0) is 17.5. The Labute approximate surface area is 151 Å². The van der Waals surface area contributed by atoms with Crippen molar-refractivity contribution in [3.63, 3.8) is 0 Å². The van der Waals surface area contributed by atoms with Gasteiger partial charge in [-0.1, -0.05) is 12.5 Å². The van der Waals surface area contributed by atoms with E-state index in [0.29, 0.717) is 19.0 Å². The third kappa shape index (κ3) is 5.79. The highest BCUT2D eigenvalue weighted by molar-refractivity contribution is 5.77. The van der Waals surface area contributed by atoms with Crippen LogP contribution in [-0.4, -0.2) is 59.5 Å². The van der Waals surface area contributed by atoms with Gasteiger partial charge in [-0.2, -0.15) is 0 Å². The molecular formula is C20H32N4O. The summed E-state index contributed by atoms with van der Waals surface area (Å²) < 4.78 is 0. The van der Waals surface area contributed by atoms with Crippen LogP contribution in [0.5, 0.6) is 0 Å². The van der Waals surface area contributed by atoms with Crippen molar-refractivity contribution in [2.24, 2.45) is 5.92 Å². The number of amides is 1. The van der Waals surface area contributed by atoms with Crippen LogP contribution in [0.25, 0.3) is 0 Å². The van der Waals surface area contributed by atoms with Crippen LogP contribution in [0.3, 0.4) is 0 Å². The number of rotatable bonds is 6. The number of piperidine rings is 2. The minimum Gasteiger partial charge on any atom is -0.349 e. The molecule has 0 saturated carbocycles. The molecule has 2 aliphatic rings. The molecule has 0 spiro atoms. The van der Waals surface area contributed by atoms with Crippen LogP contribution in [0.1, 0.15) is 44.7 Å². The summed E-state index contributed by atoms with van der Waals surface area (Å²) >= 11 is 0. The van der Waals surface area contributed by atoms with Gasteiger partial charge in [0.25, 0.3) is 0 Å². The Morgan fingerprint density at radius 1 is 1.24 bits per heavy atom. The quantitative estimate of drug-likeness (QED) is 0.860. The molecule has 1 N–H and O–H groups in total. The van der Waals surface area contributed by atoms with Gasteiger partial charge in [-0.05, 0) is 63.7 Å². The van der Waals surface area contributed by atoms with Crippen LogP contribution in [0.4, 0.5) is 0 Å². The molecule has 3 rings (SSSR count). The number of pyridine rings is 1. The van der Waals surface area contributed by atoms with Crippen LogP contribution >= 0.6 is 0 Å². The number of carbonyl (C=O) groups is 1. The molecule has 2 atom stereocenters. The maximum Gasteiger partial charge on any atom is 0.234 e. The van der Waals surface area contributed by atoms with E-state index in [1.165, 1.54) is 45.2 Å². The first-order chi connectivity index (χ1) is 12.2. The lowest BCUT2D eigenvalue weighted by molar-refractivity contribution is -0.122. The molecule has 0 aromatic carbocycles. The Hall–Kier alpha value is -1.46. The summed E-state index contributed by atoms with van der Waals surface area (Å²) in [4.78, 5) is 21.5. The number of nitrogens with zero attached hydrogens (tertiary/aromatic N) is 3. The minimum absolute atomic E-state index is 0.109. The molecule has 0 radical (unpaired) electrons. The van der Waals surface area contributed by atoms with E-state index in [1.54, 1.807) is 6.20 Å². The fraction of sp³-hybridized carbons (Fsp3) is 0.700. The van der Waals surface area contributed by atoms with E-state index in [9.17, 15) is 4.79 Å². The van der Waals surface area contributed by atoms with Crippen molar-refractivity contribution in [3.05, 3.63) is 30.1 Å². The normalized spacial score (nSPS) is 25.6. The van der Waals surface area contributed by atoms with Crippen LogP contribution in [0.2, 0.25) is 0 Å². The fourth-order valence-corrected chi connectivity index (χ4v) is 4.16. The number of hydrogen-bond donors (Lipinski definition) is 1. The highest BCUT2D eigenvalue weighted by Gasteiger charge is 2.26. The first-order valence-electron chi connectivity index (χ1n) is 9.83. The summed E-state index contributed by atoms with van der Waals surface area (Å²) in [6.07, 6.45) is 8.34. The maximum absolute atomic E-state index is 12.2. The predicted octanol–water partition coefficient (Wildman–Crippen LogP) is 2.28. The van der Waals surface area contributed by atoms with Crippen molar-refractivity contribution in [2.75, 3.05) is 32.7 Å². The van der Waals surface area contributed by atoms with E-state index < -0.39 is 0 Å². The summed E-state index contributed by atoms with van der Waals surface area (Å²) in [6, 6.07) is 6.51. The lowest BCUT2D eigenvalue weighted by Gasteiger charge is -2.39. The Balaban J connectivity index is 1.41. The van der Waals surface area contributed by atoms with E-state index in [4.69, 9.17) is 0 Å². The summed E-state index contributed by atoms with van der Waals surface area (Å²) in [5, 5.41) is 3.00. The van der Waals surface area contributed by atoms with Crippen molar-refractivity contribution >= 4 is 5.91 Å². The Bertz CT molecular complexity index is 536. The van der Waals surface area contributed by atoms with Crippen LogP contribution in [0.15, 0.2) is 24.4 Å². The van der Waals surface area contributed by atoms with Gasteiger partial charge < -0.3 is 10.2 Å². The van der Waals surface area contributed by atoms with Gasteiger partial charge in [0.2, 0.25) is 5.91 Å². The van der Waals surface area contributed by atoms with Gasteiger partial charge in [0.1, 0.15) is 0 Å². The summed E-state index contributed by atoms with van der Waals surface area (Å²) in [5.41, 5.74) is 0.909. The second-order valence-electron chi connectivity index (χ2n) is 7.68. The van der Waals surface area contributed by atoms with Crippen LogP contribution in [-0.2, 0) is 11.3 Å². The second-order valence-corrected chi connectivity index (χ2v) is 7.68. The Kier molecular flexibility index (Phi) is 6.82. The summed E-state index contributed by atoms with van der Waals surface area (Å²) in [7, 11) is 0. The molecule has 2 fully saturated rings. The fourth-order valence-electron chi connectivity index (χ4n) is 4.16. The molecule has 5 nitrogen and oxygen atoms in total. The van der Waals surface area contributed by atoms with Crippen molar-refractivity contribution in [3.8, 4) is 0 Å². The smallest absolute Gasteiger partial charge is 0.234 e. The van der Waals surface area contributed by atoms with Gasteiger partial charge in [0, 0.05) is 25.3 Å². The molecule has 138 valence electrons. The zero-order valence-electron chi connectivity index (χ0n) is 15.5. The zero-order valence-corrected chi connectivity index (χ0v) is 15.5. The molecule has 0 aliphatic carbocycles. The van der Waals surface area contributed by atoms with Gasteiger partial charge in [-0.15, -0.1) is 0 Å². The molecule has 3 heterocycles. The average molecular weight is 345 g/mol. The SMILES string of the molecule is C[C@H]1CCCCN1C[C@H]1CCCN(CC(=O)NCc2ccccn2)C1. The highest BCUT2D eigenvalue weighted by Crippen LogP contribution is 2.22. The Morgan fingerprint density at radius 3 is 2.96 bits per heavy atom. The monoisotopic (exact) mass is 344 g/mol. The lowest BCUT2D eigenvalue weighted by Crippen LogP contribution is -2.47. The van der Waals surface area contributed by atoms with E-state index in [0.717, 1.165) is 24.8 Å². The standard InChI is InChI=1S/C20H32N4O/c1-17-7-3-5-12-24(17)15-18-8-6-11-23(14-18)16-20(25)22-13-19-9-2-4-10-21-19/h2,4,9-10,17-18H,3,5-8,11-16H2,1H3,(H,22,25)/t17-,18-/m0/s1. The van der Waals surface area contributed by atoms with E-state index in [-0.39, 0.29) is 5.91 Å². The number of nitrogens with one attached hydrogen (secondary N) is 1. The van der Waals surface area contributed by atoms with Crippen molar-refractivity contribution in [1.82, 2.24) is 20.1 Å². The molecule has 0 unspecified atom stereocenters. The van der Waals surface area contributed by atoms with E-state index >= 15 is 0 Å². The van der Waals surface area contributed by atoms with Gasteiger partial charge in [-0.25, -0.2) is 0 Å². The number of hydrogen-bond acceptors (Lipinski definition) is 4. The molecule has 1 aromatic heterocycles. The van der Waals surface area contributed by atoms with Gasteiger partial charge in [0.05, 0.1) is 18.8 Å². The molecular weight excluding hydrogens is 312 g/mol. The van der Waals surface area contributed by atoms with Crippen molar-refractivity contribution in [2.45, 2.75) is 51.6 Å². The van der Waals surface area contributed by atoms with Gasteiger partial charge in [-0.3, -0.25) is 14.7 Å². The maximum atomic E-state index is 12.2. The van der Waals surface area contributed by atoms with Crippen LogP contribution < -0.4 is 5.32 Å². The predicted molar refractivity (Wildman–Crippen MR) is 100 cm³/mol. The van der Waals surface area contributed by atoms with Gasteiger partial charge >= 0.3 is 0 Å². The topological polar surface area (TPSA) is 48.5 Å². The largest absolute Gasteiger partial charge is 0.349 e. The first kappa shape index (κ1) is 18.3. The number of aromatic nitrogens is 1. The number of likely N-dealkylation sites (tertiary alicyclic amines) is 2. The van der Waals surface area contributed by atoms with E-state index in [1.807, 2.05) is 18.2 Å². The van der Waals surface area contributed by atoms with E-state index in [2.05, 4.69) is 27.0 Å². The first-order valence-corrected chi connectivity index (χ1v) is 9.83. The molecule has 0 bridgehead atoms. The molecule has 5 heteroatoms. The minimum atomic E-state index is 0.109. The van der Waals surface area contributed by atoms with Crippen molar-refractivity contribution < 1.29 is 4.79 Å². The van der Waals surface area contributed by atoms with Crippen LogP contribution in [0, 0.1) is 5.92 Å². The average Bonchev–Trinajstić information content (AvgIpc) is 2.63. The summed E-state index contributed by atoms with van der Waals surface area (Å²) in [6.45, 7) is 7.95. The molecule has 1 amide bonds. The highest BCUT2D eigenvalue weighted by atomic mass is 16.2. The van der Waals surface area contributed by atoms with Crippen molar-refractivity contribution in [1.29, 1.82) is 0 Å². The lowest BCUT2D eigenvalue weighted by atomic mass is 9.95. The second kappa shape index (κ2) is 9.30. The molecule has 25 heavy (non-hydrogen) atoms. The molecule has 2 saturated heterocycles. The molecule has 2 aliphatic heterocycles.